The van der Waals surface area contributed by atoms with Gasteiger partial charge < -0.3 is 5.32 Å². The maximum atomic E-state index is 3.32. The van der Waals surface area contributed by atoms with Crippen LogP contribution < -0.4 is 5.32 Å². The molecule has 2 unspecified atom stereocenters. The maximum Gasteiger partial charge on any atom is 0.0203 e. The molecule has 0 aliphatic heterocycles. The van der Waals surface area contributed by atoms with Crippen molar-refractivity contribution in [3.63, 3.8) is 0 Å². The zero-order chi connectivity index (χ0) is 9.47. The van der Waals surface area contributed by atoms with Crippen molar-refractivity contribution in [1.29, 1.82) is 0 Å². The molecule has 2 atom stereocenters. The largest absolute Gasteiger partial charge is 0.319 e. The molecule has 1 fully saturated rings. The van der Waals surface area contributed by atoms with E-state index in [1.807, 2.05) is 11.3 Å². The summed E-state index contributed by atoms with van der Waals surface area (Å²) in [6.07, 6.45) is 1.36. The van der Waals surface area contributed by atoms with Gasteiger partial charge in [0, 0.05) is 16.8 Å². The molecule has 72 valence electrons. The lowest BCUT2D eigenvalue weighted by Gasteiger charge is -2.15. The number of rotatable bonds is 3. The first-order valence-corrected chi connectivity index (χ1v) is 5.78. The lowest BCUT2D eigenvalue weighted by molar-refractivity contribution is 0.588. The molecular formula is C11H17NS. The van der Waals surface area contributed by atoms with Crippen LogP contribution in [0.4, 0.5) is 0 Å². The minimum absolute atomic E-state index is 0.479. The summed E-state index contributed by atoms with van der Waals surface area (Å²) < 4.78 is 0. The quantitative estimate of drug-likeness (QED) is 0.781. The van der Waals surface area contributed by atoms with E-state index in [-0.39, 0.29) is 0 Å². The van der Waals surface area contributed by atoms with Gasteiger partial charge >= 0.3 is 0 Å². The lowest BCUT2D eigenvalue weighted by Crippen LogP contribution is -2.25. The topological polar surface area (TPSA) is 12.0 Å². The Balaban J connectivity index is 2.28. The van der Waals surface area contributed by atoms with E-state index in [1.165, 1.54) is 12.0 Å². The first kappa shape index (κ1) is 9.22. The van der Waals surface area contributed by atoms with E-state index in [2.05, 4.69) is 37.7 Å². The molecular weight excluding hydrogens is 178 g/mol. The second kappa shape index (κ2) is 3.10. The Morgan fingerprint density at radius 2 is 2.38 bits per heavy atom. The van der Waals surface area contributed by atoms with Gasteiger partial charge in [0.1, 0.15) is 0 Å². The summed E-state index contributed by atoms with van der Waals surface area (Å²) in [5, 5.41) is 5.54. The predicted molar refractivity (Wildman–Crippen MR) is 58.4 cm³/mol. The molecule has 1 aliphatic rings. The Morgan fingerprint density at radius 3 is 2.77 bits per heavy atom. The average molecular weight is 195 g/mol. The lowest BCUT2D eigenvalue weighted by atomic mass is 9.99. The summed E-state index contributed by atoms with van der Waals surface area (Å²) in [6.45, 7) is 5.72. The summed E-state index contributed by atoms with van der Waals surface area (Å²) in [6, 6.07) is 2.24. The third kappa shape index (κ3) is 1.32. The molecule has 0 spiro atoms. The van der Waals surface area contributed by atoms with Gasteiger partial charge in [-0.2, -0.15) is 0 Å². The van der Waals surface area contributed by atoms with Crippen molar-refractivity contribution in [3.05, 3.63) is 21.9 Å². The highest BCUT2D eigenvalue weighted by Gasteiger charge is 2.52. The van der Waals surface area contributed by atoms with Crippen molar-refractivity contribution in [1.82, 2.24) is 5.32 Å². The Kier molecular flexibility index (Phi) is 2.20. The smallest absolute Gasteiger partial charge is 0.0203 e. The Labute approximate surface area is 84.2 Å². The van der Waals surface area contributed by atoms with Crippen LogP contribution >= 0.6 is 11.3 Å². The molecule has 0 radical (unpaired) electrons. The second-order valence-corrected chi connectivity index (χ2v) is 5.14. The molecule has 2 rings (SSSR count). The van der Waals surface area contributed by atoms with Gasteiger partial charge in [0.15, 0.2) is 0 Å². The van der Waals surface area contributed by atoms with E-state index in [4.69, 9.17) is 0 Å². The van der Waals surface area contributed by atoms with Crippen LogP contribution in [0.2, 0.25) is 0 Å². The molecule has 1 aromatic rings. The van der Waals surface area contributed by atoms with Crippen LogP contribution in [0.1, 0.15) is 23.8 Å². The highest BCUT2D eigenvalue weighted by Crippen LogP contribution is 2.55. The molecule has 13 heavy (non-hydrogen) atoms. The molecule has 0 amide bonds. The van der Waals surface area contributed by atoms with Crippen LogP contribution in [-0.2, 0) is 5.41 Å². The number of hydrogen-bond donors (Lipinski definition) is 1. The number of hydrogen-bond acceptors (Lipinski definition) is 2. The zero-order valence-corrected chi connectivity index (χ0v) is 9.37. The number of likely N-dealkylation sites (N-methyl/N-ethyl adjacent to an activating group) is 1. The van der Waals surface area contributed by atoms with Crippen molar-refractivity contribution in [2.45, 2.75) is 25.7 Å². The molecule has 1 aromatic heterocycles. The third-order valence-corrected chi connectivity index (χ3v) is 4.50. The van der Waals surface area contributed by atoms with E-state index in [9.17, 15) is 0 Å². The third-order valence-electron chi connectivity index (χ3n) is 3.26. The molecule has 1 nitrogen and oxygen atoms in total. The molecule has 0 aromatic carbocycles. The van der Waals surface area contributed by atoms with E-state index in [1.54, 1.807) is 4.88 Å². The van der Waals surface area contributed by atoms with E-state index in [0.717, 1.165) is 12.5 Å². The van der Waals surface area contributed by atoms with Crippen molar-refractivity contribution in [2.24, 2.45) is 5.92 Å². The summed E-state index contributed by atoms with van der Waals surface area (Å²) in [4.78, 5) is 1.61. The van der Waals surface area contributed by atoms with Crippen LogP contribution in [-0.4, -0.2) is 13.6 Å². The fraction of sp³-hybridized carbons (Fsp3) is 0.636. The van der Waals surface area contributed by atoms with Crippen molar-refractivity contribution in [2.75, 3.05) is 13.6 Å². The minimum Gasteiger partial charge on any atom is -0.319 e. The monoisotopic (exact) mass is 195 g/mol. The summed E-state index contributed by atoms with van der Waals surface area (Å²) in [7, 11) is 2.05. The summed E-state index contributed by atoms with van der Waals surface area (Å²) in [5.74, 6) is 0.859. The van der Waals surface area contributed by atoms with Gasteiger partial charge in [-0.3, -0.25) is 0 Å². The maximum absolute atomic E-state index is 3.32. The van der Waals surface area contributed by atoms with Crippen LogP contribution in [0.5, 0.6) is 0 Å². The van der Waals surface area contributed by atoms with Gasteiger partial charge in [0.2, 0.25) is 0 Å². The average Bonchev–Trinajstić information content (AvgIpc) is 2.56. The normalized spacial score (nSPS) is 32.1. The number of nitrogens with one attached hydrogen (secondary N) is 1. The van der Waals surface area contributed by atoms with Gasteiger partial charge in [-0.25, -0.2) is 0 Å². The summed E-state index contributed by atoms with van der Waals surface area (Å²) >= 11 is 1.92. The molecule has 0 bridgehead atoms. The second-order valence-electron chi connectivity index (χ2n) is 4.22. The van der Waals surface area contributed by atoms with Crippen LogP contribution in [0.3, 0.4) is 0 Å². The molecule has 1 saturated carbocycles. The van der Waals surface area contributed by atoms with Gasteiger partial charge in [-0.1, -0.05) is 6.92 Å². The van der Waals surface area contributed by atoms with E-state index < -0.39 is 0 Å². The van der Waals surface area contributed by atoms with Crippen molar-refractivity contribution in [3.8, 4) is 0 Å². The molecule has 1 aliphatic carbocycles. The van der Waals surface area contributed by atoms with Crippen LogP contribution in [0, 0.1) is 12.8 Å². The van der Waals surface area contributed by atoms with Crippen LogP contribution in [0.15, 0.2) is 11.4 Å². The molecule has 2 heteroatoms. The number of thiophene rings is 1. The van der Waals surface area contributed by atoms with Crippen LogP contribution in [0.25, 0.3) is 0 Å². The zero-order valence-electron chi connectivity index (χ0n) is 8.55. The van der Waals surface area contributed by atoms with Crippen molar-refractivity contribution < 1.29 is 0 Å². The highest BCUT2D eigenvalue weighted by molar-refractivity contribution is 7.10. The SMILES string of the molecule is CNCC1(c2sccc2C)CC1C. The van der Waals surface area contributed by atoms with Gasteiger partial charge in [-0.15, -0.1) is 11.3 Å². The first-order chi connectivity index (χ1) is 6.20. The molecule has 1 N–H and O–H groups in total. The number of aryl methyl sites for hydroxylation is 1. The summed E-state index contributed by atoms with van der Waals surface area (Å²) in [5.41, 5.74) is 1.96. The van der Waals surface area contributed by atoms with Gasteiger partial charge in [0.25, 0.3) is 0 Å². The Hall–Kier alpha value is -0.340. The Bertz CT molecular complexity index is 305. The minimum atomic E-state index is 0.479. The van der Waals surface area contributed by atoms with Gasteiger partial charge in [-0.05, 0) is 43.3 Å². The fourth-order valence-electron chi connectivity index (χ4n) is 2.33. The Morgan fingerprint density at radius 1 is 1.69 bits per heavy atom. The fourth-order valence-corrected chi connectivity index (χ4v) is 3.58. The van der Waals surface area contributed by atoms with Crippen molar-refractivity contribution >= 4 is 11.3 Å². The highest BCUT2D eigenvalue weighted by atomic mass is 32.1. The first-order valence-electron chi connectivity index (χ1n) is 4.90. The predicted octanol–water partition coefficient (Wildman–Crippen LogP) is 2.55. The molecule has 1 heterocycles. The van der Waals surface area contributed by atoms with E-state index >= 15 is 0 Å². The van der Waals surface area contributed by atoms with E-state index in [0.29, 0.717) is 5.41 Å². The van der Waals surface area contributed by atoms with Gasteiger partial charge in [0.05, 0.1) is 0 Å². The molecule has 0 saturated heterocycles. The standard InChI is InChI=1S/C11H17NS/c1-8-4-5-13-10(8)11(7-12-3)6-9(11)2/h4-5,9,12H,6-7H2,1-3H3.